The van der Waals surface area contributed by atoms with Gasteiger partial charge in [-0.05, 0) is 43.0 Å². The Kier molecular flexibility index (Phi) is 6.02. The zero-order chi connectivity index (χ0) is 22.8. The number of nitrogens with one attached hydrogen (secondary N) is 1. The van der Waals surface area contributed by atoms with Gasteiger partial charge in [-0.25, -0.2) is 15.0 Å². The molecule has 168 valence electrons. The Labute approximate surface area is 196 Å². The van der Waals surface area contributed by atoms with Crippen molar-refractivity contribution in [3.8, 4) is 0 Å². The lowest BCUT2D eigenvalue weighted by atomic mass is 10.0. The molecule has 5 rings (SSSR count). The van der Waals surface area contributed by atoms with E-state index in [2.05, 4.69) is 20.3 Å². The van der Waals surface area contributed by atoms with E-state index in [9.17, 15) is 4.79 Å². The number of carbonyl (C=O) groups excluding carboxylic acids is 1. The van der Waals surface area contributed by atoms with Gasteiger partial charge in [-0.3, -0.25) is 9.78 Å². The van der Waals surface area contributed by atoms with Crippen LogP contribution in [0.5, 0.6) is 0 Å². The smallest absolute Gasteiger partial charge is 0.273 e. The average Bonchev–Trinajstić information content (AvgIpc) is 3.13. The number of hydrogen-bond acceptors (Lipinski definition) is 7. The second-order valence-corrected chi connectivity index (χ2v) is 8.36. The number of nitrogens with zero attached hydrogens (tertiary/aromatic N) is 5. The number of hydrogen-bond donors (Lipinski definition) is 1. The molecule has 1 saturated heterocycles. The number of aromatic nitrogens is 4. The third-order valence-corrected chi connectivity index (χ3v) is 6.05. The van der Waals surface area contributed by atoms with Crippen molar-refractivity contribution in [1.29, 1.82) is 0 Å². The normalized spacial score (nSPS) is 15.4. The van der Waals surface area contributed by atoms with E-state index >= 15 is 0 Å². The zero-order valence-electron chi connectivity index (χ0n) is 18.2. The third-order valence-electron chi connectivity index (χ3n) is 5.73. The lowest BCUT2D eigenvalue weighted by molar-refractivity contribution is 0.0737. The number of benzene rings is 1. The first-order valence-corrected chi connectivity index (χ1v) is 11.3. The van der Waals surface area contributed by atoms with Crippen LogP contribution in [0.15, 0.2) is 48.9 Å². The summed E-state index contributed by atoms with van der Waals surface area (Å²) in [5, 5.41) is 5.42. The molecule has 8 nitrogen and oxygen atoms in total. The minimum Gasteiger partial charge on any atom is -0.380 e. The summed E-state index contributed by atoms with van der Waals surface area (Å²) in [5.41, 5.74) is 2.49. The molecule has 0 spiro atoms. The summed E-state index contributed by atoms with van der Waals surface area (Å²) in [6, 6.07) is 11.0. The molecule has 0 saturated carbocycles. The van der Waals surface area contributed by atoms with E-state index in [-0.39, 0.29) is 11.9 Å². The first-order valence-electron chi connectivity index (χ1n) is 10.9. The van der Waals surface area contributed by atoms with Crippen molar-refractivity contribution in [1.82, 2.24) is 24.8 Å². The molecule has 0 bridgehead atoms. The fourth-order valence-electron chi connectivity index (χ4n) is 4.04. The summed E-state index contributed by atoms with van der Waals surface area (Å²) in [6.07, 6.45) is 4.01. The first kappa shape index (κ1) is 21.5. The molecule has 4 heterocycles. The second-order valence-electron chi connectivity index (χ2n) is 7.95. The van der Waals surface area contributed by atoms with E-state index in [0.717, 1.165) is 17.3 Å². The number of ether oxygens (including phenoxy) is 1. The summed E-state index contributed by atoms with van der Waals surface area (Å²) in [5.74, 6) is 0.473. The maximum Gasteiger partial charge on any atom is 0.273 e. The third kappa shape index (κ3) is 4.31. The predicted molar refractivity (Wildman–Crippen MR) is 127 cm³/mol. The molecule has 1 atom stereocenters. The summed E-state index contributed by atoms with van der Waals surface area (Å²) in [4.78, 5) is 33.2. The summed E-state index contributed by atoms with van der Waals surface area (Å²) in [6.45, 7) is 4.30. The molecule has 1 aliphatic heterocycles. The van der Waals surface area contributed by atoms with Gasteiger partial charge in [0.05, 0.1) is 28.9 Å². The van der Waals surface area contributed by atoms with Crippen LogP contribution in [0.25, 0.3) is 21.8 Å². The predicted octanol–water partition coefficient (Wildman–Crippen LogP) is 4.26. The Morgan fingerprint density at radius 1 is 1.15 bits per heavy atom. The van der Waals surface area contributed by atoms with Crippen LogP contribution in [-0.4, -0.2) is 57.0 Å². The Hall–Kier alpha value is -3.36. The molecule has 9 heteroatoms. The van der Waals surface area contributed by atoms with Gasteiger partial charge in [-0.2, -0.15) is 0 Å². The lowest BCUT2D eigenvalue weighted by Crippen LogP contribution is -2.34. The quantitative estimate of drug-likeness (QED) is 0.484. The van der Waals surface area contributed by atoms with Crippen LogP contribution in [0.3, 0.4) is 0 Å². The molecule has 33 heavy (non-hydrogen) atoms. The number of pyridine rings is 2. The van der Waals surface area contributed by atoms with Crippen LogP contribution >= 0.6 is 11.6 Å². The Morgan fingerprint density at radius 3 is 2.97 bits per heavy atom. The minimum atomic E-state index is -0.243. The maximum absolute atomic E-state index is 13.5. The van der Waals surface area contributed by atoms with Gasteiger partial charge in [0.2, 0.25) is 0 Å². The van der Waals surface area contributed by atoms with Crippen molar-refractivity contribution in [2.75, 3.05) is 31.6 Å². The van der Waals surface area contributed by atoms with E-state index in [1.54, 1.807) is 17.2 Å². The molecule has 0 unspecified atom stereocenters. The molecule has 0 aliphatic carbocycles. The van der Waals surface area contributed by atoms with Gasteiger partial charge in [0.1, 0.15) is 17.5 Å². The highest BCUT2D eigenvalue weighted by Crippen LogP contribution is 2.30. The summed E-state index contributed by atoms with van der Waals surface area (Å²) >= 11 is 6.53. The van der Waals surface area contributed by atoms with Gasteiger partial charge in [0.25, 0.3) is 5.91 Å². The van der Waals surface area contributed by atoms with Crippen molar-refractivity contribution in [3.63, 3.8) is 0 Å². The van der Waals surface area contributed by atoms with E-state index in [4.69, 9.17) is 21.3 Å². The molecule has 1 aromatic carbocycles. The number of fused-ring (bicyclic) bond motifs is 2. The number of carbonyl (C=O) groups is 1. The number of anilines is 1. The Bertz CT molecular complexity index is 1320. The monoisotopic (exact) mass is 462 g/mol. The molecular formula is C24H23ClN6O2. The Balaban J connectivity index is 1.55. The fourth-order valence-corrected chi connectivity index (χ4v) is 4.31. The first-order chi connectivity index (χ1) is 16.1. The fraction of sp³-hybridized carbons (Fsp3) is 0.292. The number of amides is 1. The highest BCUT2D eigenvalue weighted by atomic mass is 35.5. The average molecular weight is 463 g/mol. The van der Waals surface area contributed by atoms with Crippen molar-refractivity contribution in [3.05, 3.63) is 65.3 Å². The maximum atomic E-state index is 13.5. The summed E-state index contributed by atoms with van der Waals surface area (Å²) in [7, 11) is 0. The van der Waals surface area contributed by atoms with Crippen LogP contribution in [0.4, 0.5) is 5.82 Å². The largest absolute Gasteiger partial charge is 0.380 e. The molecule has 1 fully saturated rings. The van der Waals surface area contributed by atoms with Crippen LogP contribution < -0.4 is 5.32 Å². The van der Waals surface area contributed by atoms with Crippen LogP contribution in [0, 0.1) is 0 Å². The van der Waals surface area contributed by atoms with Gasteiger partial charge >= 0.3 is 0 Å². The van der Waals surface area contributed by atoms with E-state index < -0.39 is 0 Å². The van der Waals surface area contributed by atoms with Crippen molar-refractivity contribution in [2.45, 2.75) is 19.4 Å². The molecule has 4 aromatic rings. The van der Waals surface area contributed by atoms with E-state index in [1.807, 2.05) is 37.3 Å². The lowest BCUT2D eigenvalue weighted by Gasteiger charge is -2.22. The van der Waals surface area contributed by atoms with E-state index in [0.29, 0.717) is 59.4 Å². The van der Waals surface area contributed by atoms with Gasteiger partial charge < -0.3 is 15.0 Å². The van der Waals surface area contributed by atoms with Gasteiger partial charge in [0, 0.05) is 31.3 Å². The van der Waals surface area contributed by atoms with Crippen LogP contribution in [0.2, 0.25) is 5.02 Å². The second kappa shape index (κ2) is 9.25. The van der Waals surface area contributed by atoms with Crippen molar-refractivity contribution in [2.24, 2.45) is 0 Å². The van der Waals surface area contributed by atoms with Gasteiger partial charge in [0.15, 0.2) is 5.82 Å². The number of halogens is 1. The SMILES string of the molecule is C[C@H](Nc1ncnc2cccnc12)c1cc2cccc(Cl)c2c(C(=O)N2CCCOCC2)n1. The molecule has 3 aromatic heterocycles. The zero-order valence-corrected chi connectivity index (χ0v) is 18.9. The number of rotatable bonds is 4. The van der Waals surface area contributed by atoms with Crippen molar-refractivity contribution >= 4 is 45.1 Å². The van der Waals surface area contributed by atoms with Crippen LogP contribution in [-0.2, 0) is 4.74 Å². The molecule has 1 N–H and O–H groups in total. The van der Waals surface area contributed by atoms with Crippen molar-refractivity contribution < 1.29 is 9.53 Å². The topological polar surface area (TPSA) is 93.1 Å². The standard InChI is InChI=1S/C24H23ClN6O2/c1-15(29-23-21-18(27-14-28-23)7-3-8-26-21)19-13-16-5-2-6-17(25)20(16)22(30-19)24(32)31-9-4-11-33-12-10-31/h2-3,5-8,13-15H,4,9-12H2,1H3,(H,27,28,29)/t15-/m0/s1. The highest BCUT2D eigenvalue weighted by Gasteiger charge is 2.24. The molecule has 1 amide bonds. The van der Waals surface area contributed by atoms with Crippen LogP contribution in [0.1, 0.15) is 35.6 Å². The minimum absolute atomic E-state index is 0.137. The van der Waals surface area contributed by atoms with E-state index in [1.165, 1.54) is 6.33 Å². The van der Waals surface area contributed by atoms with Gasteiger partial charge in [-0.1, -0.05) is 23.7 Å². The Morgan fingerprint density at radius 2 is 2.06 bits per heavy atom. The molecule has 0 radical (unpaired) electrons. The molecule has 1 aliphatic rings. The highest BCUT2D eigenvalue weighted by molar-refractivity contribution is 6.36. The summed E-state index contributed by atoms with van der Waals surface area (Å²) < 4.78 is 5.52. The molecular weight excluding hydrogens is 440 g/mol. The van der Waals surface area contributed by atoms with Gasteiger partial charge in [-0.15, -0.1) is 0 Å².